The monoisotopic (exact) mass is 453 g/mol. The first-order valence-corrected chi connectivity index (χ1v) is 11.3. The molecule has 0 aliphatic rings. The minimum absolute atomic E-state index is 0.840. The summed E-state index contributed by atoms with van der Waals surface area (Å²) >= 11 is 0. The summed E-state index contributed by atoms with van der Waals surface area (Å²) in [5.41, 5.74) is 10.2. The first-order chi connectivity index (χ1) is 17.3. The second kappa shape index (κ2) is 7.78. The molecule has 7 heteroatoms. The lowest BCUT2D eigenvalue weighted by Crippen LogP contribution is -1.82. The minimum Gasteiger partial charge on any atom is -0.338 e. The fourth-order valence-corrected chi connectivity index (χ4v) is 4.39. The number of hydrogen-bond donors (Lipinski definition) is 3. The van der Waals surface area contributed by atoms with Crippen molar-refractivity contribution in [2.45, 2.75) is 0 Å². The van der Waals surface area contributed by atoms with Crippen molar-refractivity contribution in [3.05, 3.63) is 97.5 Å². The molecule has 7 aromatic rings. The number of rotatable bonds is 4. The zero-order valence-electron chi connectivity index (χ0n) is 18.5. The van der Waals surface area contributed by atoms with Crippen molar-refractivity contribution in [3.63, 3.8) is 0 Å². The van der Waals surface area contributed by atoms with E-state index in [0.29, 0.717) is 0 Å². The molecule has 3 aromatic carbocycles. The molecule has 7 nitrogen and oxygen atoms in total. The van der Waals surface area contributed by atoms with Crippen LogP contribution < -0.4 is 0 Å². The highest BCUT2D eigenvalue weighted by Gasteiger charge is 2.10. The van der Waals surface area contributed by atoms with E-state index in [4.69, 9.17) is 9.97 Å². The van der Waals surface area contributed by atoms with Crippen molar-refractivity contribution in [3.8, 4) is 45.2 Å². The molecular formula is C28H19N7. The van der Waals surface area contributed by atoms with Crippen LogP contribution in [0.3, 0.4) is 0 Å². The van der Waals surface area contributed by atoms with E-state index in [-0.39, 0.29) is 0 Å². The molecule has 0 amide bonds. The molecule has 0 bridgehead atoms. The number of imidazole rings is 2. The van der Waals surface area contributed by atoms with Crippen LogP contribution >= 0.6 is 0 Å². The molecule has 0 atom stereocenters. The molecule has 3 N–H and O–H groups in total. The van der Waals surface area contributed by atoms with Gasteiger partial charge in [0.15, 0.2) is 0 Å². The maximum atomic E-state index is 4.80. The van der Waals surface area contributed by atoms with E-state index in [9.17, 15) is 0 Å². The van der Waals surface area contributed by atoms with Crippen molar-refractivity contribution in [2.24, 2.45) is 0 Å². The number of H-pyrrole nitrogens is 3. The van der Waals surface area contributed by atoms with E-state index < -0.39 is 0 Å². The van der Waals surface area contributed by atoms with Gasteiger partial charge in [0.05, 0.1) is 27.8 Å². The van der Waals surface area contributed by atoms with E-state index >= 15 is 0 Å². The molecule has 0 aliphatic carbocycles. The predicted molar refractivity (Wildman–Crippen MR) is 137 cm³/mol. The Morgan fingerprint density at radius 3 is 1.60 bits per heavy atom. The van der Waals surface area contributed by atoms with Gasteiger partial charge in [0.2, 0.25) is 0 Å². The van der Waals surface area contributed by atoms with Gasteiger partial charge < -0.3 is 9.97 Å². The van der Waals surface area contributed by atoms with Gasteiger partial charge in [-0.05, 0) is 59.2 Å². The maximum Gasteiger partial charge on any atom is 0.138 e. The van der Waals surface area contributed by atoms with Crippen LogP contribution in [0, 0.1) is 0 Å². The molecule has 0 unspecified atom stereocenters. The summed E-state index contributed by atoms with van der Waals surface area (Å²) in [6.45, 7) is 0. The molecule has 4 heterocycles. The van der Waals surface area contributed by atoms with E-state index in [1.165, 1.54) is 0 Å². The number of fused-ring (bicyclic) bond motifs is 2. The second-order valence-corrected chi connectivity index (χ2v) is 8.42. The molecule has 4 aromatic heterocycles. The molecular weight excluding hydrogens is 434 g/mol. The number of aromatic nitrogens is 7. The Morgan fingerprint density at radius 2 is 1.03 bits per heavy atom. The number of nitrogens with one attached hydrogen (secondary N) is 3. The lowest BCUT2D eigenvalue weighted by Gasteiger charge is -2.02. The Balaban J connectivity index is 1.22. The van der Waals surface area contributed by atoms with Crippen LogP contribution in [0.15, 0.2) is 97.5 Å². The first-order valence-electron chi connectivity index (χ1n) is 11.3. The highest BCUT2D eigenvalue weighted by Crippen LogP contribution is 2.29. The third kappa shape index (κ3) is 3.46. The van der Waals surface area contributed by atoms with Crippen LogP contribution in [0.25, 0.3) is 67.2 Å². The van der Waals surface area contributed by atoms with Crippen LogP contribution in [0.4, 0.5) is 0 Å². The molecule has 0 spiro atoms. The van der Waals surface area contributed by atoms with Crippen LogP contribution in [-0.4, -0.2) is 35.1 Å². The lowest BCUT2D eigenvalue weighted by atomic mass is 10.0. The van der Waals surface area contributed by atoms with Gasteiger partial charge in [-0.1, -0.05) is 36.4 Å². The van der Waals surface area contributed by atoms with Gasteiger partial charge in [-0.3, -0.25) is 10.1 Å². The maximum absolute atomic E-state index is 4.80. The summed E-state index contributed by atoms with van der Waals surface area (Å²) in [6, 6.07) is 26.7. The molecule has 0 fully saturated rings. The Labute approximate surface area is 199 Å². The van der Waals surface area contributed by atoms with Gasteiger partial charge >= 0.3 is 0 Å². The highest BCUT2D eigenvalue weighted by molar-refractivity contribution is 5.88. The number of hydrogen-bond acceptors (Lipinski definition) is 4. The zero-order valence-corrected chi connectivity index (χ0v) is 18.5. The van der Waals surface area contributed by atoms with Gasteiger partial charge in [0.1, 0.15) is 11.6 Å². The molecule has 35 heavy (non-hydrogen) atoms. The average molecular weight is 454 g/mol. The number of nitrogens with zero attached hydrogens (tertiary/aromatic N) is 4. The molecule has 0 saturated carbocycles. The largest absolute Gasteiger partial charge is 0.338 e. The summed E-state index contributed by atoms with van der Waals surface area (Å²) in [4.78, 5) is 20.5. The molecule has 166 valence electrons. The van der Waals surface area contributed by atoms with Gasteiger partial charge in [0, 0.05) is 29.7 Å². The summed E-state index contributed by atoms with van der Waals surface area (Å²) in [7, 11) is 0. The summed E-state index contributed by atoms with van der Waals surface area (Å²) in [5.74, 6) is 1.69. The SMILES string of the molecule is c1cc(-c2nc3ccc(-c4ccc5nc(-c6ccc(-c7ccn[nH]7)cc6)[nH]c5c4)cc3[nH]2)ccn1. The van der Waals surface area contributed by atoms with Crippen LogP contribution in [0.2, 0.25) is 0 Å². The molecule has 7 rings (SSSR count). The molecule has 0 saturated heterocycles. The van der Waals surface area contributed by atoms with Gasteiger partial charge in [-0.15, -0.1) is 0 Å². The van der Waals surface area contributed by atoms with Crippen molar-refractivity contribution >= 4 is 22.1 Å². The van der Waals surface area contributed by atoms with Crippen molar-refractivity contribution < 1.29 is 0 Å². The van der Waals surface area contributed by atoms with Gasteiger partial charge in [-0.2, -0.15) is 5.10 Å². The topological polar surface area (TPSA) is 98.9 Å². The fourth-order valence-electron chi connectivity index (χ4n) is 4.39. The Kier molecular flexibility index (Phi) is 4.32. The Bertz CT molecular complexity index is 1780. The summed E-state index contributed by atoms with van der Waals surface area (Å²) in [5, 5.41) is 7.02. The second-order valence-electron chi connectivity index (χ2n) is 8.42. The average Bonchev–Trinajstić information content (AvgIpc) is 3.68. The van der Waals surface area contributed by atoms with E-state index in [1.807, 2.05) is 18.2 Å². The number of pyridine rings is 1. The van der Waals surface area contributed by atoms with Crippen LogP contribution in [-0.2, 0) is 0 Å². The fraction of sp³-hybridized carbons (Fsp3) is 0. The summed E-state index contributed by atoms with van der Waals surface area (Å²) in [6.07, 6.45) is 5.30. The smallest absolute Gasteiger partial charge is 0.138 e. The Hall–Kier alpha value is -5.04. The van der Waals surface area contributed by atoms with Gasteiger partial charge in [-0.25, -0.2) is 9.97 Å². The van der Waals surface area contributed by atoms with Crippen LogP contribution in [0.5, 0.6) is 0 Å². The normalized spacial score (nSPS) is 11.4. The van der Waals surface area contributed by atoms with Crippen molar-refractivity contribution in [2.75, 3.05) is 0 Å². The minimum atomic E-state index is 0.840. The quantitative estimate of drug-likeness (QED) is 0.294. The van der Waals surface area contributed by atoms with Crippen LogP contribution in [0.1, 0.15) is 0 Å². The first kappa shape index (κ1) is 19.4. The van der Waals surface area contributed by atoms with Crippen molar-refractivity contribution in [1.29, 1.82) is 0 Å². The van der Waals surface area contributed by atoms with Crippen molar-refractivity contribution in [1.82, 2.24) is 35.1 Å². The zero-order chi connectivity index (χ0) is 23.2. The Morgan fingerprint density at radius 1 is 0.486 bits per heavy atom. The van der Waals surface area contributed by atoms with E-state index in [2.05, 4.69) is 85.8 Å². The predicted octanol–water partition coefficient (Wildman–Crippen LogP) is 6.23. The number of aromatic amines is 3. The third-order valence-electron chi connectivity index (χ3n) is 6.22. The highest BCUT2D eigenvalue weighted by atomic mass is 15.1. The third-order valence-corrected chi connectivity index (χ3v) is 6.22. The number of benzene rings is 3. The summed E-state index contributed by atoms with van der Waals surface area (Å²) < 4.78 is 0. The standard InChI is InChI=1S/C28H19N7/c1-3-18(4-2-17(1)22-11-14-30-35-22)27-31-23-7-5-20(15-25(23)33-27)21-6-8-24-26(16-21)34-28(32-24)19-9-12-29-13-10-19/h1-16H,(H,30,35)(H,31,33)(H,32,34). The molecule has 0 aliphatic heterocycles. The van der Waals surface area contributed by atoms with E-state index in [1.54, 1.807) is 18.6 Å². The molecule has 0 radical (unpaired) electrons. The van der Waals surface area contributed by atoms with E-state index in [0.717, 1.165) is 67.2 Å². The van der Waals surface area contributed by atoms with Gasteiger partial charge in [0.25, 0.3) is 0 Å². The lowest BCUT2D eigenvalue weighted by molar-refractivity contribution is 1.10.